The number of ether oxygens (including phenoxy) is 1. The Balaban J connectivity index is 0.00000196. The Labute approximate surface area is 165 Å². The van der Waals surface area contributed by atoms with E-state index in [1.54, 1.807) is 7.11 Å². The van der Waals surface area contributed by atoms with Crippen LogP contribution in [0.5, 0.6) is 5.75 Å². The molecule has 0 spiro atoms. The van der Waals surface area contributed by atoms with Crippen LogP contribution >= 0.6 is 23.7 Å². The van der Waals surface area contributed by atoms with Crippen molar-refractivity contribution in [2.24, 2.45) is 11.8 Å². The van der Waals surface area contributed by atoms with E-state index in [0.717, 1.165) is 66.2 Å². The highest BCUT2D eigenvalue weighted by molar-refractivity contribution is 7.17. The van der Waals surface area contributed by atoms with Gasteiger partial charge < -0.3 is 15.0 Å². The molecule has 2 aliphatic heterocycles. The molecule has 4 rings (SSSR count). The first-order valence-corrected chi connectivity index (χ1v) is 9.81. The third-order valence-electron chi connectivity index (χ3n) is 5.48. The van der Waals surface area contributed by atoms with E-state index in [9.17, 15) is 4.79 Å². The summed E-state index contributed by atoms with van der Waals surface area (Å²) in [5.74, 6) is 2.27. The van der Waals surface area contributed by atoms with Gasteiger partial charge in [-0.15, -0.1) is 23.7 Å². The van der Waals surface area contributed by atoms with Crippen LogP contribution in [-0.4, -0.2) is 44.1 Å². The predicted octanol–water partition coefficient (Wildman–Crippen LogP) is 3.92. The second-order valence-electron chi connectivity index (χ2n) is 6.92. The molecule has 6 heteroatoms. The van der Waals surface area contributed by atoms with Crippen LogP contribution in [0.4, 0.5) is 0 Å². The molecule has 1 aromatic carbocycles. The number of methoxy groups -OCH3 is 1. The van der Waals surface area contributed by atoms with Crippen LogP contribution in [0.2, 0.25) is 0 Å². The summed E-state index contributed by atoms with van der Waals surface area (Å²) in [6, 6.07) is 12.2. The molecule has 0 aliphatic carbocycles. The lowest BCUT2D eigenvalue weighted by Crippen LogP contribution is -2.32. The molecule has 2 aliphatic rings. The van der Waals surface area contributed by atoms with Crippen molar-refractivity contribution in [2.45, 2.75) is 12.8 Å². The van der Waals surface area contributed by atoms with Crippen LogP contribution in [0.3, 0.4) is 0 Å². The van der Waals surface area contributed by atoms with Gasteiger partial charge in [-0.2, -0.15) is 0 Å². The Bertz CT molecular complexity index is 736. The van der Waals surface area contributed by atoms with Crippen LogP contribution in [-0.2, 0) is 0 Å². The molecular formula is C20H25ClN2O2S. The molecule has 2 atom stereocenters. The van der Waals surface area contributed by atoms with Crippen LogP contribution in [0, 0.1) is 11.8 Å². The van der Waals surface area contributed by atoms with Gasteiger partial charge in [0.2, 0.25) is 0 Å². The zero-order valence-corrected chi connectivity index (χ0v) is 16.6. The maximum Gasteiger partial charge on any atom is 0.267 e. The lowest BCUT2D eigenvalue weighted by Gasteiger charge is -2.20. The van der Waals surface area contributed by atoms with E-state index < -0.39 is 0 Å². The molecule has 0 saturated carbocycles. The van der Waals surface area contributed by atoms with E-state index >= 15 is 0 Å². The van der Waals surface area contributed by atoms with Crippen LogP contribution < -0.4 is 10.1 Å². The van der Waals surface area contributed by atoms with Crippen LogP contribution in [0.25, 0.3) is 10.4 Å². The average molecular weight is 393 g/mol. The lowest BCUT2D eigenvalue weighted by molar-refractivity contribution is 0.0760. The molecule has 1 amide bonds. The maximum absolute atomic E-state index is 13.1. The summed E-state index contributed by atoms with van der Waals surface area (Å²) in [6.45, 7) is 3.91. The van der Waals surface area contributed by atoms with Crippen molar-refractivity contribution < 1.29 is 9.53 Å². The van der Waals surface area contributed by atoms with Crippen molar-refractivity contribution >= 4 is 29.7 Å². The van der Waals surface area contributed by atoms with Gasteiger partial charge >= 0.3 is 0 Å². The van der Waals surface area contributed by atoms with Crippen molar-refractivity contribution in [2.75, 3.05) is 33.3 Å². The van der Waals surface area contributed by atoms with Gasteiger partial charge in [0.05, 0.1) is 7.11 Å². The molecule has 0 radical (unpaired) electrons. The Morgan fingerprint density at radius 1 is 1.15 bits per heavy atom. The average Bonchev–Trinajstić information content (AvgIpc) is 3.24. The number of halogens is 1. The van der Waals surface area contributed by atoms with Gasteiger partial charge in [-0.3, -0.25) is 4.79 Å². The van der Waals surface area contributed by atoms with E-state index in [4.69, 9.17) is 4.74 Å². The summed E-state index contributed by atoms with van der Waals surface area (Å²) < 4.78 is 5.52. The SMILES string of the molecule is COc1cc(-c2ccccc2)sc1C(=O)N1CC[C@@H]2CNC[C@@H]2CC1.Cl. The maximum atomic E-state index is 13.1. The lowest BCUT2D eigenvalue weighted by atomic mass is 9.92. The van der Waals surface area contributed by atoms with Crippen molar-refractivity contribution in [3.63, 3.8) is 0 Å². The number of benzene rings is 1. The molecule has 3 heterocycles. The van der Waals surface area contributed by atoms with Gasteiger partial charge in [-0.1, -0.05) is 30.3 Å². The summed E-state index contributed by atoms with van der Waals surface area (Å²) in [6.07, 6.45) is 2.20. The third-order valence-corrected chi connectivity index (χ3v) is 6.63. The highest BCUT2D eigenvalue weighted by Crippen LogP contribution is 2.37. The van der Waals surface area contributed by atoms with Gasteiger partial charge in [0, 0.05) is 18.0 Å². The normalized spacial score (nSPS) is 22.3. The summed E-state index contributed by atoms with van der Waals surface area (Å²) >= 11 is 1.54. The van der Waals surface area contributed by atoms with Gasteiger partial charge in [0.25, 0.3) is 5.91 Å². The first-order chi connectivity index (χ1) is 12.3. The number of likely N-dealkylation sites (tertiary alicyclic amines) is 1. The van der Waals surface area contributed by atoms with Crippen molar-refractivity contribution in [1.82, 2.24) is 10.2 Å². The number of fused-ring (bicyclic) bond motifs is 1. The summed E-state index contributed by atoms with van der Waals surface area (Å²) in [4.78, 5) is 17.0. The van der Waals surface area contributed by atoms with Crippen molar-refractivity contribution in [1.29, 1.82) is 0 Å². The zero-order valence-electron chi connectivity index (χ0n) is 14.9. The van der Waals surface area contributed by atoms with E-state index in [2.05, 4.69) is 17.4 Å². The second-order valence-corrected chi connectivity index (χ2v) is 7.97. The monoisotopic (exact) mass is 392 g/mol. The van der Waals surface area contributed by atoms with Crippen LogP contribution in [0.15, 0.2) is 36.4 Å². The summed E-state index contributed by atoms with van der Waals surface area (Å²) in [7, 11) is 1.64. The quantitative estimate of drug-likeness (QED) is 0.860. The van der Waals surface area contributed by atoms with Crippen molar-refractivity contribution in [3.05, 3.63) is 41.3 Å². The van der Waals surface area contributed by atoms with E-state index in [1.165, 1.54) is 11.3 Å². The molecule has 0 unspecified atom stereocenters. The molecule has 2 aromatic rings. The topological polar surface area (TPSA) is 41.6 Å². The number of hydrogen-bond donors (Lipinski definition) is 1. The van der Waals surface area contributed by atoms with Crippen LogP contribution in [0.1, 0.15) is 22.5 Å². The van der Waals surface area contributed by atoms with E-state index in [-0.39, 0.29) is 18.3 Å². The van der Waals surface area contributed by atoms with Gasteiger partial charge in [0.1, 0.15) is 10.6 Å². The molecule has 0 bridgehead atoms. The fourth-order valence-corrected chi connectivity index (χ4v) is 5.08. The smallest absolute Gasteiger partial charge is 0.267 e. The molecule has 140 valence electrons. The minimum atomic E-state index is 0. The number of rotatable bonds is 3. The molecule has 2 fully saturated rings. The third kappa shape index (κ3) is 3.75. The number of amides is 1. The molecule has 2 saturated heterocycles. The van der Waals surface area contributed by atoms with E-state index in [0.29, 0.717) is 5.75 Å². The Kier molecular flexibility index (Phi) is 6.22. The molecule has 4 nitrogen and oxygen atoms in total. The number of carbonyl (C=O) groups is 1. The van der Waals surface area contributed by atoms with Gasteiger partial charge in [-0.05, 0) is 49.4 Å². The largest absolute Gasteiger partial charge is 0.495 e. The fourth-order valence-electron chi connectivity index (χ4n) is 3.98. The summed E-state index contributed by atoms with van der Waals surface area (Å²) in [5, 5.41) is 3.49. The van der Waals surface area contributed by atoms with Gasteiger partial charge in [0.15, 0.2) is 0 Å². The first kappa shape index (κ1) is 19.2. The molecule has 1 N–H and O–H groups in total. The minimum absolute atomic E-state index is 0. The minimum Gasteiger partial charge on any atom is -0.495 e. The highest BCUT2D eigenvalue weighted by Gasteiger charge is 2.32. The standard InChI is InChI=1S/C20H24N2O2S.ClH/c1-24-17-11-18(14-5-3-2-4-6-14)25-19(17)20(23)22-9-7-15-12-21-13-16(15)8-10-22;/h2-6,11,15-16,21H,7-10,12-13H2,1H3;1H/t15-,16+;. The van der Waals surface area contributed by atoms with Gasteiger partial charge in [-0.25, -0.2) is 0 Å². The second kappa shape index (κ2) is 8.42. The number of carbonyl (C=O) groups excluding carboxylic acids is 1. The zero-order chi connectivity index (χ0) is 17.2. The predicted molar refractivity (Wildman–Crippen MR) is 109 cm³/mol. The first-order valence-electron chi connectivity index (χ1n) is 8.99. The number of hydrogen-bond acceptors (Lipinski definition) is 4. The number of thiophene rings is 1. The Hall–Kier alpha value is -1.56. The molecule has 1 aromatic heterocycles. The number of nitrogens with one attached hydrogen (secondary N) is 1. The highest BCUT2D eigenvalue weighted by atomic mass is 35.5. The Morgan fingerprint density at radius 2 is 1.81 bits per heavy atom. The summed E-state index contributed by atoms with van der Waals surface area (Å²) in [5.41, 5.74) is 1.13. The molecule has 26 heavy (non-hydrogen) atoms. The van der Waals surface area contributed by atoms with Crippen molar-refractivity contribution in [3.8, 4) is 16.2 Å². The number of nitrogens with zero attached hydrogens (tertiary/aromatic N) is 1. The fraction of sp³-hybridized carbons (Fsp3) is 0.450. The Morgan fingerprint density at radius 3 is 2.42 bits per heavy atom. The van der Waals surface area contributed by atoms with E-state index in [1.807, 2.05) is 29.2 Å². The molecular weight excluding hydrogens is 368 g/mol.